The van der Waals surface area contributed by atoms with Crippen LogP contribution in [0.3, 0.4) is 0 Å². The van der Waals surface area contributed by atoms with Crippen LogP contribution in [0.2, 0.25) is 0 Å². The summed E-state index contributed by atoms with van der Waals surface area (Å²) in [4.78, 5) is 0. The Morgan fingerprint density at radius 3 is 1.92 bits per heavy atom. The topological polar surface area (TPSA) is 0 Å². The van der Waals surface area contributed by atoms with Gasteiger partial charge in [-0.3, -0.25) is 0 Å². The summed E-state index contributed by atoms with van der Waals surface area (Å²) in [6.45, 7) is 12.2. The van der Waals surface area contributed by atoms with Crippen molar-refractivity contribution in [1.82, 2.24) is 0 Å². The molecule has 0 radical (unpaired) electrons. The summed E-state index contributed by atoms with van der Waals surface area (Å²) < 4.78 is 0. The molecule has 0 N–H and O–H groups in total. The second-order valence-corrected chi connectivity index (χ2v) is 5.66. The lowest BCUT2D eigenvalue weighted by atomic mass is 9.21. The molecule has 3 aliphatic rings. The predicted octanol–water partition coefficient (Wildman–Crippen LogP) is 4.10. The van der Waals surface area contributed by atoms with E-state index in [4.69, 9.17) is 0 Å². The molecular weight excluding hydrogens is 156 g/mol. The summed E-state index contributed by atoms with van der Waals surface area (Å²) in [5, 5.41) is 0. The number of hydrogen-bond donors (Lipinski definition) is 0. The van der Waals surface area contributed by atoms with Crippen molar-refractivity contribution in [3.8, 4) is 0 Å². The predicted molar refractivity (Wildman–Crippen MR) is 57.6 cm³/mol. The molecule has 0 amide bonds. The Labute approximate surface area is 83.1 Å². The average molecular weight is 180 g/mol. The van der Waals surface area contributed by atoms with Crippen LogP contribution in [0, 0.1) is 28.6 Å². The minimum Gasteiger partial charge on any atom is -0.0648 e. The van der Waals surface area contributed by atoms with E-state index in [1.54, 1.807) is 0 Å². The fourth-order valence-corrected chi connectivity index (χ4v) is 5.14. The van der Waals surface area contributed by atoms with Gasteiger partial charge in [0.25, 0.3) is 0 Å². The zero-order valence-corrected chi connectivity index (χ0v) is 9.85. The van der Waals surface area contributed by atoms with E-state index in [1.807, 2.05) is 0 Å². The van der Waals surface area contributed by atoms with Crippen LogP contribution in [0.4, 0.5) is 0 Å². The molecule has 0 saturated heterocycles. The van der Waals surface area contributed by atoms with Crippen molar-refractivity contribution in [1.29, 1.82) is 0 Å². The van der Waals surface area contributed by atoms with Crippen molar-refractivity contribution < 1.29 is 0 Å². The van der Waals surface area contributed by atoms with Crippen LogP contribution in [0.1, 0.15) is 53.9 Å². The zero-order valence-electron chi connectivity index (χ0n) is 9.85. The molecule has 0 heterocycles. The molecule has 3 aliphatic carbocycles. The van der Waals surface area contributed by atoms with Gasteiger partial charge in [-0.2, -0.15) is 0 Å². The fourth-order valence-electron chi connectivity index (χ4n) is 5.14. The fraction of sp³-hybridized carbons (Fsp3) is 1.00. The van der Waals surface area contributed by atoms with E-state index < -0.39 is 0 Å². The quantitative estimate of drug-likeness (QED) is 0.613. The van der Waals surface area contributed by atoms with Crippen molar-refractivity contribution >= 4 is 0 Å². The standard InChI is InChI=1S/C13H24/c1-6-12(7-2)11-8-13(12,9(3)4)10(11)5/h9-11H,6-8H2,1-5H3. The van der Waals surface area contributed by atoms with Gasteiger partial charge in [0.2, 0.25) is 0 Å². The van der Waals surface area contributed by atoms with Gasteiger partial charge < -0.3 is 0 Å². The van der Waals surface area contributed by atoms with Crippen LogP contribution < -0.4 is 0 Å². The second kappa shape index (κ2) is 2.52. The van der Waals surface area contributed by atoms with Crippen LogP contribution in [-0.2, 0) is 0 Å². The molecule has 3 atom stereocenters. The third kappa shape index (κ3) is 0.680. The summed E-state index contributed by atoms with van der Waals surface area (Å²) in [5.74, 6) is 2.99. The van der Waals surface area contributed by atoms with Crippen molar-refractivity contribution in [3.05, 3.63) is 0 Å². The van der Waals surface area contributed by atoms with E-state index in [-0.39, 0.29) is 0 Å². The Morgan fingerprint density at radius 2 is 1.77 bits per heavy atom. The van der Waals surface area contributed by atoms with E-state index in [0.717, 1.165) is 28.6 Å². The molecule has 0 aromatic heterocycles. The Bertz CT molecular complexity index is 205. The van der Waals surface area contributed by atoms with E-state index in [2.05, 4.69) is 34.6 Å². The van der Waals surface area contributed by atoms with Crippen molar-refractivity contribution in [2.45, 2.75) is 53.9 Å². The normalized spacial score (nSPS) is 45.7. The third-order valence-corrected chi connectivity index (χ3v) is 5.90. The lowest BCUT2D eigenvalue weighted by Crippen LogP contribution is -2.77. The van der Waals surface area contributed by atoms with E-state index in [9.17, 15) is 0 Å². The summed E-state index contributed by atoms with van der Waals surface area (Å²) in [6, 6.07) is 0. The molecule has 3 saturated carbocycles. The van der Waals surface area contributed by atoms with Gasteiger partial charge >= 0.3 is 0 Å². The molecule has 3 unspecified atom stereocenters. The van der Waals surface area contributed by atoms with E-state index >= 15 is 0 Å². The number of rotatable bonds is 3. The zero-order chi connectivity index (χ0) is 9.85. The van der Waals surface area contributed by atoms with Gasteiger partial charge in [-0.1, -0.05) is 34.6 Å². The smallest absolute Gasteiger partial charge is 0.0184 e. The van der Waals surface area contributed by atoms with Crippen LogP contribution in [0.5, 0.6) is 0 Å². The largest absolute Gasteiger partial charge is 0.0648 e. The third-order valence-electron chi connectivity index (χ3n) is 5.90. The first-order chi connectivity index (χ1) is 6.06. The maximum atomic E-state index is 2.48. The molecule has 0 aromatic rings. The molecule has 0 aliphatic heterocycles. The molecular formula is C13H24. The monoisotopic (exact) mass is 180 g/mol. The minimum atomic E-state index is 0.737. The molecule has 0 spiro atoms. The SMILES string of the molecule is CCC1(CC)C2CC1(C(C)C)C2C. The van der Waals surface area contributed by atoms with Crippen LogP contribution >= 0.6 is 0 Å². The highest BCUT2D eigenvalue weighted by Gasteiger charge is 2.78. The highest BCUT2D eigenvalue weighted by atomic mass is 14.8. The number of hydrogen-bond acceptors (Lipinski definition) is 0. The highest BCUT2D eigenvalue weighted by Crippen LogP contribution is 2.84. The molecule has 13 heavy (non-hydrogen) atoms. The van der Waals surface area contributed by atoms with Gasteiger partial charge in [0.05, 0.1) is 0 Å². The first-order valence-electron chi connectivity index (χ1n) is 6.06. The molecule has 3 rings (SSSR count). The molecule has 3 fully saturated rings. The first-order valence-corrected chi connectivity index (χ1v) is 6.06. The Kier molecular flexibility index (Phi) is 1.85. The first kappa shape index (κ1) is 9.55. The van der Waals surface area contributed by atoms with Gasteiger partial charge in [0, 0.05) is 0 Å². The highest BCUT2D eigenvalue weighted by molar-refractivity contribution is 5.26. The second-order valence-electron chi connectivity index (χ2n) is 5.66. The van der Waals surface area contributed by atoms with Gasteiger partial charge in [0.15, 0.2) is 0 Å². The van der Waals surface area contributed by atoms with Crippen LogP contribution in [0.15, 0.2) is 0 Å². The molecule has 0 nitrogen and oxygen atoms in total. The van der Waals surface area contributed by atoms with E-state index in [1.165, 1.54) is 19.3 Å². The van der Waals surface area contributed by atoms with Gasteiger partial charge in [-0.15, -0.1) is 0 Å². The van der Waals surface area contributed by atoms with Crippen LogP contribution in [0.25, 0.3) is 0 Å². The van der Waals surface area contributed by atoms with Crippen LogP contribution in [-0.4, -0.2) is 0 Å². The maximum absolute atomic E-state index is 2.48. The Balaban J connectivity index is 2.27. The maximum Gasteiger partial charge on any atom is -0.0184 e. The molecule has 76 valence electrons. The molecule has 0 heteroatoms. The lowest BCUT2D eigenvalue weighted by molar-refractivity contribution is -0.353. The van der Waals surface area contributed by atoms with Gasteiger partial charge in [-0.25, -0.2) is 0 Å². The van der Waals surface area contributed by atoms with Crippen molar-refractivity contribution in [2.24, 2.45) is 28.6 Å². The summed E-state index contributed by atoms with van der Waals surface area (Å²) >= 11 is 0. The Hall–Kier alpha value is 0. The lowest BCUT2D eigenvalue weighted by Gasteiger charge is -2.83. The summed E-state index contributed by atoms with van der Waals surface area (Å²) in [7, 11) is 0. The molecule has 2 bridgehead atoms. The summed E-state index contributed by atoms with van der Waals surface area (Å²) in [5.41, 5.74) is 1.49. The van der Waals surface area contributed by atoms with Gasteiger partial charge in [-0.05, 0) is 47.8 Å². The van der Waals surface area contributed by atoms with Crippen molar-refractivity contribution in [3.63, 3.8) is 0 Å². The van der Waals surface area contributed by atoms with Gasteiger partial charge in [0.1, 0.15) is 0 Å². The average Bonchev–Trinajstić information content (AvgIpc) is 2.03. The molecule has 0 aromatic carbocycles. The summed E-state index contributed by atoms with van der Waals surface area (Å²) in [6.07, 6.45) is 4.36. The van der Waals surface area contributed by atoms with E-state index in [0.29, 0.717) is 0 Å². The Morgan fingerprint density at radius 1 is 1.23 bits per heavy atom. The van der Waals surface area contributed by atoms with Crippen molar-refractivity contribution in [2.75, 3.05) is 0 Å². The minimum absolute atomic E-state index is 0.737.